The minimum atomic E-state index is -0.279. The number of hydrogen-bond acceptors (Lipinski definition) is 5. The van der Waals surface area contributed by atoms with Crippen LogP contribution < -0.4 is 5.32 Å². The van der Waals surface area contributed by atoms with Gasteiger partial charge in [0.1, 0.15) is 0 Å². The third-order valence-corrected chi connectivity index (χ3v) is 5.67. The molecule has 0 unspecified atom stereocenters. The highest BCUT2D eigenvalue weighted by Gasteiger charge is 2.17. The molecule has 31 heavy (non-hydrogen) atoms. The SMILES string of the molecule is Cc1cc(C)n(-c2ccc(CNCc3c(C)nn(CCCC(C)(C)C#N)c3C)cn2)n1. The first-order chi connectivity index (χ1) is 14.7. The van der Waals surface area contributed by atoms with Gasteiger partial charge in [-0.3, -0.25) is 4.68 Å². The molecule has 0 saturated carbocycles. The fraction of sp³-hybridized carbons (Fsp3) is 0.500. The average molecular weight is 420 g/mol. The first-order valence-electron chi connectivity index (χ1n) is 10.8. The summed E-state index contributed by atoms with van der Waals surface area (Å²) in [5, 5.41) is 21.9. The summed E-state index contributed by atoms with van der Waals surface area (Å²) in [6, 6.07) is 8.51. The van der Waals surface area contributed by atoms with Crippen molar-refractivity contribution in [3.63, 3.8) is 0 Å². The molecule has 0 amide bonds. The lowest BCUT2D eigenvalue weighted by atomic mass is 9.90. The van der Waals surface area contributed by atoms with Crippen LogP contribution in [0.5, 0.6) is 0 Å². The lowest BCUT2D eigenvalue weighted by Crippen LogP contribution is -2.15. The van der Waals surface area contributed by atoms with Gasteiger partial charge in [0.05, 0.1) is 22.9 Å². The molecule has 0 fully saturated rings. The minimum absolute atomic E-state index is 0.279. The van der Waals surface area contributed by atoms with Gasteiger partial charge in [0.15, 0.2) is 5.82 Å². The van der Waals surface area contributed by atoms with E-state index in [4.69, 9.17) is 5.10 Å². The second-order valence-electron chi connectivity index (χ2n) is 8.94. The van der Waals surface area contributed by atoms with Crippen LogP contribution >= 0.6 is 0 Å². The quantitative estimate of drug-likeness (QED) is 0.558. The van der Waals surface area contributed by atoms with Crippen molar-refractivity contribution in [3.8, 4) is 11.9 Å². The van der Waals surface area contributed by atoms with Gasteiger partial charge in [0.2, 0.25) is 0 Å². The molecule has 7 nitrogen and oxygen atoms in total. The molecule has 0 spiro atoms. The fourth-order valence-electron chi connectivity index (χ4n) is 3.77. The van der Waals surface area contributed by atoms with Gasteiger partial charge >= 0.3 is 0 Å². The largest absolute Gasteiger partial charge is 0.308 e. The first kappa shape index (κ1) is 22.7. The number of pyridine rings is 1. The molecule has 0 atom stereocenters. The minimum Gasteiger partial charge on any atom is -0.308 e. The number of hydrogen-bond donors (Lipinski definition) is 1. The molecule has 3 aromatic heterocycles. The molecular weight excluding hydrogens is 386 g/mol. The van der Waals surface area contributed by atoms with E-state index in [1.54, 1.807) is 0 Å². The molecule has 3 rings (SSSR count). The Bertz CT molecular complexity index is 1060. The zero-order valence-electron chi connectivity index (χ0n) is 19.5. The molecular formula is C24H33N7. The number of nitriles is 1. The lowest BCUT2D eigenvalue weighted by Gasteiger charge is -2.14. The number of rotatable bonds is 9. The van der Waals surface area contributed by atoms with Gasteiger partial charge in [-0.2, -0.15) is 15.5 Å². The summed E-state index contributed by atoms with van der Waals surface area (Å²) < 4.78 is 3.94. The molecule has 164 valence electrons. The van der Waals surface area contributed by atoms with Crippen LogP contribution in [0.4, 0.5) is 0 Å². The number of nitrogens with zero attached hydrogens (tertiary/aromatic N) is 6. The summed E-state index contributed by atoms with van der Waals surface area (Å²) in [5.41, 5.74) is 6.41. The monoisotopic (exact) mass is 419 g/mol. The van der Waals surface area contributed by atoms with Crippen molar-refractivity contribution < 1.29 is 0 Å². The summed E-state index contributed by atoms with van der Waals surface area (Å²) >= 11 is 0. The van der Waals surface area contributed by atoms with Crippen LogP contribution in [0.3, 0.4) is 0 Å². The molecule has 0 aliphatic carbocycles. The number of aryl methyl sites for hydroxylation is 4. The van der Waals surface area contributed by atoms with Crippen molar-refractivity contribution in [2.24, 2.45) is 5.41 Å². The maximum atomic E-state index is 9.18. The second-order valence-corrected chi connectivity index (χ2v) is 8.94. The Hall–Kier alpha value is -2.98. The van der Waals surface area contributed by atoms with Crippen molar-refractivity contribution in [2.45, 2.75) is 74.0 Å². The molecule has 3 aromatic rings. The van der Waals surface area contributed by atoms with E-state index >= 15 is 0 Å². The summed E-state index contributed by atoms with van der Waals surface area (Å²) in [7, 11) is 0. The predicted molar refractivity (Wildman–Crippen MR) is 122 cm³/mol. The van der Waals surface area contributed by atoms with Gasteiger partial charge in [-0.15, -0.1) is 0 Å². The van der Waals surface area contributed by atoms with Crippen LogP contribution in [0.1, 0.15) is 60.6 Å². The highest BCUT2D eigenvalue weighted by Crippen LogP contribution is 2.22. The van der Waals surface area contributed by atoms with Crippen LogP contribution in [0.2, 0.25) is 0 Å². The van der Waals surface area contributed by atoms with Crippen molar-refractivity contribution in [3.05, 3.63) is 58.3 Å². The van der Waals surface area contributed by atoms with E-state index in [0.29, 0.717) is 0 Å². The Morgan fingerprint density at radius 3 is 2.48 bits per heavy atom. The number of nitrogens with one attached hydrogen (secondary N) is 1. The van der Waals surface area contributed by atoms with E-state index in [-0.39, 0.29) is 5.41 Å². The first-order valence-corrected chi connectivity index (χ1v) is 10.8. The smallest absolute Gasteiger partial charge is 0.153 e. The highest BCUT2D eigenvalue weighted by molar-refractivity contribution is 5.28. The van der Waals surface area contributed by atoms with Crippen LogP contribution in [-0.4, -0.2) is 24.5 Å². The Kier molecular flexibility index (Phi) is 6.91. The Labute approximate surface area is 185 Å². The van der Waals surface area contributed by atoms with E-state index in [9.17, 15) is 5.26 Å². The molecule has 0 aromatic carbocycles. The maximum Gasteiger partial charge on any atom is 0.153 e. The summed E-state index contributed by atoms with van der Waals surface area (Å²) in [6.07, 6.45) is 3.72. The van der Waals surface area contributed by atoms with Crippen molar-refractivity contribution in [2.75, 3.05) is 0 Å². The second kappa shape index (κ2) is 9.44. The maximum absolute atomic E-state index is 9.18. The van der Waals surface area contributed by atoms with E-state index in [1.807, 2.05) is 50.7 Å². The Balaban J connectivity index is 1.55. The van der Waals surface area contributed by atoms with Crippen LogP contribution in [0.25, 0.3) is 5.82 Å². The Morgan fingerprint density at radius 1 is 1.10 bits per heavy atom. The van der Waals surface area contributed by atoms with Gasteiger partial charge in [-0.1, -0.05) is 6.07 Å². The van der Waals surface area contributed by atoms with Gasteiger partial charge in [0, 0.05) is 42.8 Å². The highest BCUT2D eigenvalue weighted by atomic mass is 15.3. The summed E-state index contributed by atoms with van der Waals surface area (Å²) in [6.45, 7) is 14.5. The van der Waals surface area contributed by atoms with E-state index < -0.39 is 0 Å². The van der Waals surface area contributed by atoms with E-state index in [2.05, 4.69) is 46.1 Å². The normalized spacial score (nSPS) is 11.6. The zero-order valence-corrected chi connectivity index (χ0v) is 19.5. The van der Waals surface area contributed by atoms with Crippen LogP contribution in [-0.2, 0) is 19.6 Å². The van der Waals surface area contributed by atoms with Gasteiger partial charge < -0.3 is 5.32 Å². The molecule has 0 radical (unpaired) electrons. The fourth-order valence-corrected chi connectivity index (χ4v) is 3.77. The molecule has 0 saturated heterocycles. The van der Waals surface area contributed by atoms with Crippen molar-refractivity contribution in [1.29, 1.82) is 5.26 Å². The molecule has 7 heteroatoms. The third kappa shape index (κ3) is 5.59. The van der Waals surface area contributed by atoms with Crippen molar-refractivity contribution >= 4 is 0 Å². The standard InChI is InChI=1S/C24H33N7/c1-17-12-18(2)31(28-17)23-9-8-21(14-27-23)13-26-15-22-19(3)29-30(20(22)4)11-7-10-24(5,6)16-25/h8-9,12,14,26H,7,10-11,13,15H2,1-6H3. The molecule has 1 N–H and O–H groups in total. The van der Waals surface area contributed by atoms with E-state index in [0.717, 1.165) is 60.9 Å². The predicted octanol–water partition coefficient (Wildman–Crippen LogP) is 4.32. The molecule has 0 bridgehead atoms. The molecule has 0 aliphatic heterocycles. The average Bonchev–Trinajstić information content (AvgIpc) is 3.20. The molecule has 3 heterocycles. The van der Waals surface area contributed by atoms with Crippen LogP contribution in [0.15, 0.2) is 24.4 Å². The summed E-state index contributed by atoms with van der Waals surface area (Å²) in [4.78, 5) is 4.57. The lowest BCUT2D eigenvalue weighted by molar-refractivity contribution is 0.404. The molecule has 0 aliphatic rings. The van der Waals surface area contributed by atoms with E-state index in [1.165, 1.54) is 11.3 Å². The van der Waals surface area contributed by atoms with Gasteiger partial charge in [0.25, 0.3) is 0 Å². The van der Waals surface area contributed by atoms with Crippen molar-refractivity contribution in [1.82, 2.24) is 29.9 Å². The van der Waals surface area contributed by atoms with Gasteiger partial charge in [-0.25, -0.2) is 9.67 Å². The van der Waals surface area contributed by atoms with Gasteiger partial charge in [-0.05, 0) is 72.1 Å². The van der Waals surface area contributed by atoms with Crippen LogP contribution in [0, 0.1) is 44.4 Å². The number of aromatic nitrogens is 5. The topological polar surface area (TPSA) is 84.4 Å². The summed E-state index contributed by atoms with van der Waals surface area (Å²) in [5.74, 6) is 0.835. The Morgan fingerprint density at radius 2 is 1.87 bits per heavy atom. The zero-order chi connectivity index (χ0) is 22.6. The third-order valence-electron chi connectivity index (χ3n) is 5.67.